The summed E-state index contributed by atoms with van der Waals surface area (Å²) in [6, 6.07) is 7.87. The largest absolute Gasteiger partial charge is 0.469 e. The Morgan fingerprint density at radius 3 is 2.90 bits per heavy atom. The predicted octanol–water partition coefficient (Wildman–Crippen LogP) is 2.80. The van der Waals surface area contributed by atoms with Crippen LogP contribution in [0.4, 0.5) is 5.69 Å². The number of benzene rings is 1. The molecule has 0 spiro atoms. The van der Waals surface area contributed by atoms with E-state index >= 15 is 0 Å². The SMILES string of the molecule is CCc1occc1C(N)c1ccc2c(c1)CCC(=O)N2C. The minimum atomic E-state index is -0.188. The lowest BCUT2D eigenvalue weighted by molar-refractivity contribution is -0.118. The molecule has 0 fully saturated rings. The summed E-state index contributed by atoms with van der Waals surface area (Å²) in [6.45, 7) is 2.06. The number of amides is 1. The van der Waals surface area contributed by atoms with Gasteiger partial charge < -0.3 is 15.1 Å². The topological polar surface area (TPSA) is 59.5 Å². The molecule has 1 aromatic heterocycles. The molecule has 0 radical (unpaired) electrons. The standard InChI is InChI=1S/C17H20N2O2/c1-3-15-13(8-9-21-15)17(18)12-4-6-14-11(10-12)5-7-16(20)19(14)2/h4,6,8-10,17H,3,5,7,18H2,1-2H3. The number of anilines is 1. The lowest BCUT2D eigenvalue weighted by Gasteiger charge is -2.26. The van der Waals surface area contributed by atoms with E-state index in [1.165, 1.54) is 5.56 Å². The van der Waals surface area contributed by atoms with Crippen LogP contribution in [0, 0.1) is 0 Å². The van der Waals surface area contributed by atoms with Gasteiger partial charge >= 0.3 is 0 Å². The van der Waals surface area contributed by atoms with E-state index in [9.17, 15) is 4.79 Å². The Hall–Kier alpha value is -2.07. The van der Waals surface area contributed by atoms with Crippen LogP contribution in [0.25, 0.3) is 0 Å². The van der Waals surface area contributed by atoms with Gasteiger partial charge in [0.1, 0.15) is 5.76 Å². The van der Waals surface area contributed by atoms with Gasteiger partial charge in [-0.15, -0.1) is 0 Å². The monoisotopic (exact) mass is 284 g/mol. The predicted molar refractivity (Wildman–Crippen MR) is 82.3 cm³/mol. The molecule has 1 atom stereocenters. The fourth-order valence-electron chi connectivity index (χ4n) is 2.96. The van der Waals surface area contributed by atoms with Gasteiger partial charge in [0.25, 0.3) is 0 Å². The van der Waals surface area contributed by atoms with E-state index in [-0.39, 0.29) is 11.9 Å². The number of aryl methyl sites for hydroxylation is 2. The number of carbonyl (C=O) groups excluding carboxylic acids is 1. The Morgan fingerprint density at radius 2 is 2.14 bits per heavy atom. The van der Waals surface area contributed by atoms with Gasteiger partial charge in [0.2, 0.25) is 5.91 Å². The van der Waals surface area contributed by atoms with E-state index < -0.39 is 0 Å². The van der Waals surface area contributed by atoms with Crippen LogP contribution in [0.3, 0.4) is 0 Å². The van der Waals surface area contributed by atoms with Gasteiger partial charge in [0, 0.05) is 31.1 Å². The van der Waals surface area contributed by atoms with E-state index in [2.05, 4.69) is 13.0 Å². The number of nitrogens with two attached hydrogens (primary N) is 1. The van der Waals surface area contributed by atoms with Gasteiger partial charge in [0.05, 0.1) is 12.3 Å². The van der Waals surface area contributed by atoms with Crippen molar-refractivity contribution in [2.75, 3.05) is 11.9 Å². The summed E-state index contributed by atoms with van der Waals surface area (Å²) >= 11 is 0. The molecule has 0 saturated carbocycles. The third-order valence-corrected chi connectivity index (χ3v) is 4.24. The van der Waals surface area contributed by atoms with Gasteiger partial charge in [-0.05, 0) is 29.7 Å². The molecule has 2 heterocycles. The maximum Gasteiger partial charge on any atom is 0.227 e. The quantitative estimate of drug-likeness (QED) is 0.942. The van der Waals surface area contributed by atoms with Crippen molar-refractivity contribution in [3.8, 4) is 0 Å². The summed E-state index contributed by atoms with van der Waals surface area (Å²) in [4.78, 5) is 13.5. The highest BCUT2D eigenvalue weighted by atomic mass is 16.3. The normalized spacial score (nSPS) is 16.0. The Balaban J connectivity index is 1.96. The van der Waals surface area contributed by atoms with E-state index in [4.69, 9.17) is 10.2 Å². The maximum absolute atomic E-state index is 11.7. The molecule has 1 aliphatic rings. The second kappa shape index (κ2) is 5.37. The molecule has 1 amide bonds. The number of hydrogen-bond donors (Lipinski definition) is 1. The highest BCUT2D eigenvalue weighted by Gasteiger charge is 2.22. The fourth-order valence-corrected chi connectivity index (χ4v) is 2.96. The molecule has 0 bridgehead atoms. The van der Waals surface area contributed by atoms with Crippen molar-refractivity contribution in [2.45, 2.75) is 32.2 Å². The van der Waals surface area contributed by atoms with E-state index in [1.807, 2.05) is 25.2 Å². The highest BCUT2D eigenvalue weighted by Crippen LogP contribution is 2.31. The molecule has 0 aliphatic carbocycles. The summed E-state index contributed by atoms with van der Waals surface area (Å²) < 4.78 is 5.47. The van der Waals surface area contributed by atoms with E-state index in [0.717, 1.165) is 35.4 Å². The van der Waals surface area contributed by atoms with Crippen LogP contribution in [0.15, 0.2) is 34.9 Å². The molecule has 1 aromatic carbocycles. The minimum Gasteiger partial charge on any atom is -0.469 e. The molecule has 1 aliphatic heterocycles. The number of nitrogens with zero attached hydrogens (tertiary/aromatic N) is 1. The summed E-state index contributed by atoms with van der Waals surface area (Å²) in [5.41, 5.74) is 10.7. The molecule has 0 saturated heterocycles. The van der Waals surface area contributed by atoms with Crippen molar-refractivity contribution in [1.82, 2.24) is 0 Å². The third-order valence-electron chi connectivity index (χ3n) is 4.24. The van der Waals surface area contributed by atoms with Crippen LogP contribution < -0.4 is 10.6 Å². The summed E-state index contributed by atoms with van der Waals surface area (Å²) in [7, 11) is 1.82. The van der Waals surface area contributed by atoms with Crippen LogP contribution >= 0.6 is 0 Å². The zero-order valence-electron chi connectivity index (χ0n) is 12.4. The number of carbonyl (C=O) groups is 1. The van der Waals surface area contributed by atoms with Crippen molar-refractivity contribution < 1.29 is 9.21 Å². The molecule has 3 rings (SSSR count). The van der Waals surface area contributed by atoms with Crippen LogP contribution in [-0.2, 0) is 17.6 Å². The van der Waals surface area contributed by atoms with Gasteiger partial charge in [-0.25, -0.2) is 0 Å². The molecule has 4 heteroatoms. The Labute approximate surface area is 124 Å². The van der Waals surface area contributed by atoms with Crippen LogP contribution in [0.1, 0.15) is 41.8 Å². The van der Waals surface area contributed by atoms with Crippen LogP contribution in [0.5, 0.6) is 0 Å². The van der Waals surface area contributed by atoms with Gasteiger partial charge in [-0.2, -0.15) is 0 Å². The van der Waals surface area contributed by atoms with Crippen molar-refractivity contribution in [3.05, 3.63) is 53.0 Å². The smallest absolute Gasteiger partial charge is 0.227 e. The summed E-state index contributed by atoms with van der Waals surface area (Å²) in [6.07, 6.45) is 3.87. The fraction of sp³-hybridized carbons (Fsp3) is 0.353. The maximum atomic E-state index is 11.7. The third kappa shape index (κ3) is 2.36. The average molecular weight is 284 g/mol. The Bertz CT molecular complexity index is 675. The summed E-state index contributed by atoms with van der Waals surface area (Å²) in [5, 5.41) is 0. The molecular formula is C17H20N2O2. The number of rotatable bonds is 3. The van der Waals surface area contributed by atoms with Crippen molar-refractivity contribution in [3.63, 3.8) is 0 Å². The molecular weight excluding hydrogens is 264 g/mol. The second-order valence-electron chi connectivity index (χ2n) is 5.47. The first-order chi connectivity index (χ1) is 10.1. The lowest BCUT2D eigenvalue weighted by Crippen LogP contribution is -2.31. The zero-order valence-corrected chi connectivity index (χ0v) is 12.4. The number of hydrogen-bond acceptors (Lipinski definition) is 3. The highest BCUT2D eigenvalue weighted by molar-refractivity contribution is 5.95. The van der Waals surface area contributed by atoms with Crippen molar-refractivity contribution >= 4 is 11.6 Å². The van der Waals surface area contributed by atoms with Crippen LogP contribution in [0.2, 0.25) is 0 Å². The van der Waals surface area contributed by atoms with Gasteiger partial charge in [0.15, 0.2) is 0 Å². The minimum absolute atomic E-state index is 0.169. The van der Waals surface area contributed by atoms with Gasteiger partial charge in [-0.1, -0.05) is 19.1 Å². The molecule has 2 aromatic rings. The molecule has 21 heavy (non-hydrogen) atoms. The number of fused-ring (bicyclic) bond motifs is 1. The first kappa shape index (κ1) is 13.9. The van der Waals surface area contributed by atoms with E-state index in [0.29, 0.717) is 6.42 Å². The van der Waals surface area contributed by atoms with Crippen molar-refractivity contribution in [2.24, 2.45) is 5.73 Å². The van der Waals surface area contributed by atoms with E-state index in [1.54, 1.807) is 11.2 Å². The summed E-state index contributed by atoms with van der Waals surface area (Å²) in [5.74, 6) is 1.11. The molecule has 2 N–H and O–H groups in total. The van der Waals surface area contributed by atoms with Gasteiger partial charge in [-0.3, -0.25) is 4.79 Å². The Kier molecular flexibility index (Phi) is 3.55. The molecule has 1 unspecified atom stereocenters. The van der Waals surface area contributed by atoms with Crippen LogP contribution in [-0.4, -0.2) is 13.0 Å². The first-order valence-corrected chi connectivity index (χ1v) is 7.33. The number of furan rings is 1. The zero-order chi connectivity index (χ0) is 15.0. The molecule has 4 nitrogen and oxygen atoms in total. The Morgan fingerprint density at radius 1 is 1.33 bits per heavy atom. The first-order valence-electron chi connectivity index (χ1n) is 7.33. The lowest BCUT2D eigenvalue weighted by atomic mass is 9.93. The van der Waals surface area contributed by atoms with Crippen molar-refractivity contribution in [1.29, 1.82) is 0 Å². The average Bonchev–Trinajstić information content (AvgIpc) is 2.98. The molecule has 110 valence electrons. The second-order valence-corrected chi connectivity index (χ2v) is 5.47.